The Hall–Kier alpha value is -2.54. The molecule has 2 aliphatic rings. The maximum Gasteiger partial charge on any atom is 0.244 e. The van der Waals surface area contributed by atoms with Gasteiger partial charge in [0.1, 0.15) is 12.3 Å². The molecule has 7 nitrogen and oxygen atoms in total. The van der Waals surface area contributed by atoms with E-state index < -0.39 is 0 Å². The van der Waals surface area contributed by atoms with E-state index in [9.17, 15) is 9.90 Å². The molecule has 0 radical (unpaired) electrons. The summed E-state index contributed by atoms with van der Waals surface area (Å²) in [5.41, 5.74) is 2.03. The van der Waals surface area contributed by atoms with Gasteiger partial charge in [0.05, 0.1) is 6.34 Å². The van der Waals surface area contributed by atoms with Crippen molar-refractivity contribution in [1.29, 1.82) is 0 Å². The number of aryl methyl sites for hydroxylation is 1. The molecule has 7 heteroatoms. The van der Waals surface area contributed by atoms with Crippen LogP contribution in [0.4, 0.5) is 5.69 Å². The molecule has 194 valence electrons. The Kier molecular flexibility index (Phi) is 10.9. The second-order valence-electron chi connectivity index (χ2n) is 10.1. The number of carbonyl (C=O) groups excluding carboxylic acids is 1. The molecule has 1 aromatic rings. The van der Waals surface area contributed by atoms with E-state index in [4.69, 9.17) is 0 Å². The van der Waals surface area contributed by atoms with Gasteiger partial charge in [-0.3, -0.25) is 9.79 Å². The highest BCUT2D eigenvalue weighted by atomic mass is 16.3. The van der Waals surface area contributed by atoms with Gasteiger partial charge in [-0.2, -0.15) is 0 Å². The fourth-order valence-electron chi connectivity index (χ4n) is 5.31. The summed E-state index contributed by atoms with van der Waals surface area (Å²) in [6.45, 7) is 11.4. The van der Waals surface area contributed by atoms with Gasteiger partial charge in [0, 0.05) is 56.1 Å². The predicted molar refractivity (Wildman–Crippen MR) is 145 cm³/mol. The van der Waals surface area contributed by atoms with Crippen molar-refractivity contribution in [3.8, 4) is 5.75 Å². The molecule has 1 aliphatic heterocycles. The number of hydrogen-bond acceptors (Lipinski definition) is 5. The Labute approximate surface area is 211 Å². The van der Waals surface area contributed by atoms with Crippen molar-refractivity contribution in [1.82, 2.24) is 15.1 Å². The number of hydrogen-bond donors (Lipinski definition) is 3. The molecular formula is C28H45N5O2. The monoisotopic (exact) mass is 483 g/mol. The van der Waals surface area contributed by atoms with Gasteiger partial charge < -0.3 is 25.5 Å². The maximum absolute atomic E-state index is 13.1. The summed E-state index contributed by atoms with van der Waals surface area (Å²) in [7, 11) is 0. The van der Waals surface area contributed by atoms with Gasteiger partial charge >= 0.3 is 0 Å². The van der Waals surface area contributed by atoms with Crippen molar-refractivity contribution in [3.05, 3.63) is 36.4 Å². The molecule has 1 saturated heterocycles. The summed E-state index contributed by atoms with van der Waals surface area (Å²) >= 11 is 0. The molecule has 0 aromatic heterocycles. The first-order valence-corrected chi connectivity index (χ1v) is 13.4. The van der Waals surface area contributed by atoms with Crippen LogP contribution >= 0.6 is 0 Å². The lowest BCUT2D eigenvalue weighted by atomic mass is 10.0. The van der Waals surface area contributed by atoms with Crippen LogP contribution in [-0.2, 0) is 4.79 Å². The molecule has 1 aliphatic carbocycles. The van der Waals surface area contributed by atoms with Crippen LogP contribution in [0.3, 0.4) is 0 Å². The lowest BCUT2D eigenvalue weighted by Crippen LogP contribution is -2.54. The molecule has 2 atom stereocenters. The molecule has 1 heterocycles. The van der Waals surface area contributed by atoms with Gasteiger partial charge in [-0.05, 0) is 51.2 Å². The predicted octanol–water partition coefficient (Wildman–Crippen LogP) is 4.32. The number of carbonyl (C=O) groups is 1. The molecule has 2 fully saturated rings. The number of nitrogens with one attached hydrogen (secondary N) is 2. The fraction of sp³-hybridized carbons (Fsp3) is 0.643. The van der Waals surface area contributed by atoms with E-state index in [2.05, 4.69) is 34.0 Å². The fourth-order valence-corrected chi connectivity index (χ4v) is 5.31. The smallest absolute Gasteiger partial charge is 0.244 e. The first-order chi connectivity index (χ1) is 17.0. The van der Waals surface area contributed by atoms with Crippen molar-refractivity contribution in [3.63, 3.8) is 0 Å². The first kappa shape index (κ1) is 27.1. The number of rotatable bonds is 11. The molecule has 3 N–H and O–H groups in total. The van der Waals surface area contributed by atoms with Gasteiger partial charge in [0.25, 0.3) is 0 Å². The van der Waals surface area contributed by atoms with E-state index in [1.54, 1.807) is 12.1 Å². The highest BCUT2D eigenvalue weighted by Gasteiger charge is 2.26. The highest BCUT2D eigenvalue weighted by Crippen LogP contribution is 2.24. The van der Waals surface area contributed by atoms with E-state index in [1.807, 2.05) is 30.3 Å². The first-order valence-electron chi connectivity index (χ1n) is 13.4. The number of phenols is 1. The van der Waals surface area contributed by atoms with E-state index >= 15 is 0 Å². The molecule has 0 spiro atoms. The maximum atomic E-state index is 13.1. The van der Waals surface area contributed by atoms with Crippen molar-refractivity contribution in [2.24, 2.45) is 4.99 Å². The Balaban J connectivity index is 1.56. The molecule has 35 heavy (non-hydrogen) atoms. The number of aromatic hydroxyl groups is 1. The number of amides is 1. The summed E-state index contributed by atoms with van der Waals surface area (Å²) in [4.78, 5) is 22.2. The summed E-state index contributed by atoms with van der Waals surface area (Å²) < 4.78 is 0. The Morgan fingerprint density at radius 3 is 2.86 bits per heavy atom. The van der Waals surface area contributed by atoms with Crippen LogP contribution in [0.2, 0.25) is 0 Å². The van der Waals surface area contributed by atoms with Gasteiger partial charge in [0.2, 0.25) is 5.91 Å². The average Bonchev–Trinajstić information content (AvgIpc) is 3.13. The van der Waals surface area contributed by atoms with Crippen LogP contribution in [0.25, 0.3) is 0 Å². The molecule has 0 bridgehead atoms. The average molecular weight is 484 g/mol. The van der Waals surface area contributed by atoms with E-state index in [0.29, 0.717) is 18.6 Å². The molecular weight excluding hydrogens is 438 g/mol. The summed E-state index contributed by atoms with van der Waals surface area (Å²) in [6.07, 6.45) is 13.3. The Morgan fingerprint density at radius 1 is 1.34 bits per heavy atom. The Bertz CT molecular complexity index is 835. The number of nitrogens with zero attached hydrogens (tertiary/aromatic N) is 3. The number of benzene rings is 1. The van der Waals surface area contributed by atoms with Crippen LogP contribution in [0.1, 0.15) is 63.9 Å². The third-order valence-corrected chi connectivity index (χ3v) is 7.39. The number of phenolic OH excluding ortho intramolecular Hbond substituents is 1. The zero-order chi connectivity index (χ0) is 25.0. The van der Waals surface area contributed by atoms with Gasteiger partial charge in [-0.15, -0.1) is 6.58 Å². The molecule has 1 saturated carbocycles. The van der Waals surface area contributed by atoms with E-state index in [1.165, 1.54) is 38.5 Å². The van der Waals surface area contributed by atoms with Crippen LogP contribution in [0, 0.1) is 6.92 Å². The second-order valence-corrected chi connectivity index (χ2v) is 10.1. The largest absolute Gasteiger partial charge is 0.508 e. The lowest BCUT2D eigenvalue weighted by molar-refractivity contribution is -0.132. The third-order valence-electron chi connectivity index (χ3n) is 7.39. The number of aliphatic imine (C=N–C) groups is 1. The van der Waals surface area contributed by atoms with Crippen molar-refractivity contribution >= 4 is 17.9 Å². The summed E-state index contributed by atoms with van der Waals surface area (Å²) in [5, 5.41) is 16.6. The topological polar surface area (TPSA) is 80.2 Å². The van der Waals surface area contributed by atoms with E-state index in [0.717, 1.165) is 43.7 Å². The molecule has 1 unspecified atom stereocenters. The summed E-state index contributed by atoms with van der Waals surface area (Å²) in [5.74, 6) is 0.353. The summed E-state index contributed by atoms with van der Waals surface area (Å²) in [6, 6.07) is 6.33. The lowest BCUT2D eigenvalue weighted by Gasteiger charge is -2.36. The van der Waals surface area contributed by atoms with Crippen LogP contribution < -0.4 is 10.6 Å². The van der Waals surface area contributed by atoms with Crippen LogP contribution in [0.15, 0.2) is 35.8 Å². The molecule has 1 amide bonds. The van der Waals surface area contributed by atoms with E-state index in [-0.39, 0.29) is 24.2 Å². The molecule has 1 aromatic carbocycles. The molecule has 3 rings (SSSR count). The highest BCUT2D eigenvalue weighted by molar-refractivity contribution is 5.80. The zero-order valence-corrected chi connectivity index (χ0v) is 21.7. The quantitative estimate of drug-likeness (QED) is 0.189. The number of anilines is 1. The minimum atomic E-state index is 0.0958. The van der Waals surface area contributed by atoms with Crippen LogP contribution in [-0.4, -0.2) is 78.0 Å². The standard InChI is InChI=1S/C28H45N5O2/c1-4-9-23(3)33(24-10-7-5-6-8-11-24)21-30-20-28(35)32-17-16-29-19-25(32)14-15-31-27-18-26(34)13-12-22(27)2/h4,12-13,18,21,23-25,29,31,34H,1,5-11,14-17,19-20H2,2-3H3/t23?,25-/m1/s1. The Morgan fingerprint density at radius 2 is 2.11 bits per heavy atom. The van der Waals surface area contributed by atoms with Crippen molar-refractivity contribution in [2.45, 2.75) is 83.3 Å². The van der Waals surface area contributed by atoms with Gasteiger partial charge in [-0.1, -0.05) is 37.8 Å². The zero-order valence-electron chi connectivity index (χ0n) is 21.7. The normalized spacial score (nSPS) is 20.4. The minimum Gasteiger partial charge on any atom is -0.508 e. The minimum absolute atomic E-state index is 0.0958. The van der Waals surface area contributed by atoms with Crippen LogP contribution in [0.5, 0.6) is 5.75 Å². The SMILES string of the molecule is C=CCC(C)N(C=NCC(=O)N1CCNC[C@H]1CCNc1cc(O)ccc1C)C1CCCCCC1. The van der Waals surface area contributed by atoms with Crippen molar-refractivity contribution < 1.29 is 9.90 Å². The van der Waals surface area contributed by atoms with Gasteiger partial charge in [-0.25, -0.2) is 0 Å². The van der Waals surface area contributed by atoms with Crippen molar-refractivity contribution in [2.75, 3.05) is 38.0 Å². The number of piperazine rings is 1. The third kappa shape index (κ3) is 8.27. The van der Waals surface area contributed by atoms with Gasteiger partial charge in [0.15, 0.2) is 0 Å². The second kappa shape index (κ2) is 14.1.